The Balaban J connectivity index is 1.70. The molecule has 0 unspecified atom stereocenters. The van der Waals surface area contributed by atoms with Crippen LogP contribution in [-0.2, 0) is 11.3 Å². The molecule has 2 aliphatic rings. The molecule has 0 radical (unpaired) electrons. The number of aliphatic hydroxyl groups excluding tert-OH is 5. The third kappa shape index (κ3) is 3.39. The Morgan fingerprint density at radius 1 is 0.871 bits per heavy atom. The standard InChI is InChI=1S/C21H20O10/c22-6-8-1-2-9-11(5-8)16(25)14-10(15(9)24)3-4-12(17(14)26)30-21-20(29)19(28)18(27)13(7-23)31-21/h1-5,13,18-23,26-29H,6-7H2/t13-,18-,19+,20-,21+/m0/s1. The quantitative estimate of drug-likeness (QED) is 0.295. The number of ether oxygens (including phenoxy) is 2. The highest BCUT2D eigenvalue weighted by molar-refractivity contribution is 6.29. The Morgan fingerprint density at radius 3 is 2.26 bits per heavy atom. The summed E-state index contributed by atoms with van der Waals surface area (Å²) >= 11 is 0. The van der Waals surface area contributed by atoms with Crippen LogP contribution in [0.4, 0.5) is 0 Å². The molecule has 0 aromatic heterocycles. The fourth-order valence-electron chi connectivity index (χ4n) is 3.73. The average Bonchev–Trinajstić information content (AvgIpc) is 2.78. The Bertz CT molecular complexity index is 1050. The van der Waals surface area contributed by atoms with Gasteiger partial charge in [0.2, 0.25) is 6.29 Å². The Kier molecular flexibility index (Phi) is 5.52. The highest BCUT2D eigenvalue weighted by atomic mass is 16.7. The van der Waals surface area contributed by atoms with Crippen LogP contribution in [0.25, 0.3) is 0 Å². The minimum atomic E-state index is -1.72. The maximum Gasteiger partial charge on any atom is 0.229 e. The zero-order chi connectivity index (χ0) is 22.4. The molecule has 31 heavy (non-hydrogen) atoms. The number of fused-ring (bicyclic) bond motifs is 2. The lowest BCUT2D eigenvalue weighted by Crippen LogP contribution is -2.60. The van der Waals surface area contributed by atoms with E-state index in [4.69, 9.17) is 9.47 Å². The van der Waals surface area contributed by atoms with Gasteiger partial charge in [-0.15, -0.1) is 0 Å². The molecule has 1 heterocycles. The Labute approximate surface area is 175 Å². The molecule has 1 aliphatic carbocycles. The Morgan fingerprint density at radius 2 is 1.58 bits per heavy atom. The first-order valence-corrected chi connectivity index (χ1v) is 9.44. The number of phenols is 1. The predicted molar refractivity (Wildman–Crippen MR) is 102 cm³/mol. The van der Waals surface area contributed by atoms with E-state index in [9.17, 15) is 40.2 Å². The molecule has 5 atom stereocenters. The lowest BCUT2D eigenvalue weighted by molar-refractivity contribution is -0.277. The minimum Gasteiger partial charge on any atom is -0.504 e. The second-order valence-electron chi connectivity index (χ2n) is 7.35. The largest absolute Gasteiger partial charge is 0.504 e. The van der Waals surface area contributed by atoms with Crippen LogP contribution in [0.3, 0.4) is 0 Å². The van der Waals surface area contributed by atoms with Crippen LogP contribution in [0.2, 0.25) is 0 Å². The summed E-state index contributed by atoms with van der Waals surface area (Å²) in [5.74, 6) is -2.14. The van der Waals surface area contributed by atoms with Gasteiger partial charge >= 0.3 is 0 Å². The number of hydrogen-bond acceptors (Lipinski definition) is 10. The first-order valence-electron chi connectivity index (χ1n) is 9.44. The highest BCUT2D eigenvalue weighted by Gasteiger charge is 2.45. The van der Waals surface area contributed by atoms with Gasteiger partial charge in [0.15, 0.2) is 23.1 Å². The fraction of sp³-hybridized carbons (Fsp3) is 0.333. The number of benzene rings is 2. The highest BCUT2D eigenvalue weighted by Crippen LogP contribution is 2.40. The summed E-state index contributed by atoms with van der Waals surface area (Å²) in [6, 6.07) is 6.79. The second kappa shape index (κ2) is 8.00. The summed E-state index contributed by atoms with van der Waals surface area (Å²) in [6.45, 7) is -1.01. The smallest absolute Gasteiger partial charge is 0.229 e. The number of ketones is 2. The van der Waals surface area contributed by atoms with Crippen LogP contribution in [0.15, 0.2) is 30.3 Å². The summed E-state index contributed by atoms with van der Waals surface area (Å²) in [6.07, 6.45) is -7.81. The normalized spacial score (nSPS) is 27.6. The number of carbonyl (C=O) groups excluding carboxylic acids is 2. The lowest BCUT2D eigenvalue weighted by Gasteiger charge is -2.39. The van der Waals surface area contributed by atoms with Gasteiger partial charge in [0, 0.05) is 16.7 Å². The second-order valence-corrected chi connectivity index (χ2v) is 7.35. The van der Waals surface area contributed by atoms with Crippen LogP contribution >= 0.6 is 0 Å². The number of aliphatic hydroxyl groups is 5. The molecule has 4 rings (SSSR count). The monoisotopic (exact) mass is 432 g/mol. The average molecular weight is 432 g/mol. The molecule has 0 saturated carbocycles. The molecule has 164 valence electrons. The number of rotatable bonds is 4. The molecule has 1 fully saturated rings. The van der Waals surface area contributed by atoms with E-state index in [1.165, 1.54) is 30.3 Å². The molecule has 10 nitrogen and oxygen atoms in total. The molecule has 0 amide bonds. The topological polar surface area (TPSA) is 174 Å². The van der Waals surface area contributed by atoms with Crippen LogP contribution in [-0.4, -0.2) is 79.5 Å². The van der Waals surface area contributed by atoms with Crippen molar-refractivity contribution in [1.29, 1.82) is 0 Å². The number of phenolic OH excluding ortho intramolecular Hbond substituents is 1. The van der Waals surface area contributed by atoms with Gasteiger partial charge < -0.3 is 40.1 Å². The summed E-state index contributed by atoms with van der Waals surface area (Å²) in [5, 5.41) is 59.2. The van der Waals surface area contributed by atoms with Crippen molar-refractivity contribution in [2.45, 2.75) is 37.3 Å². The summed E-state index contributed by atoms with van der Waals surface area (Å²) in [5.41, 5.74) is 0.209. The van der Waals surface area contributed by atoms with E-state index in [0.717, 1.165) is 0 Å². The van der Waals surface area contributed by atoms with E-state index in [0.29, 0.717) is 5.56 Å². The van der Waals surface area contributed by atoms with Crippen molar-refractivity contribution in [3.8, 4) is 11.5 Å². The van der Waals surface area contributed by atoms with E-state index in [1.807, 2.05) is 0 Å². The van der Waals surface area contributed by atoms with E-state index in [-0.39, 0.29) is 34.6 Å². The zero-order valence-corrected chi connectivity index (χ0v) is 16.0. The van der Waals surface area contributed by atoms with Crippen molar-refractivity contribution in [2.24, 2.45) is 0 Å². The van der Waals surface area contributed by atoms with Gasteiger partial charge in [-0.25, -0.2) is 0 Å². The van der Waals surface area contributed by atoms with E-state index >= 15 is 0 Å². The van der Waals surface area contributed by atoms with Crippen molar-refractivity contribution < 1.29 is 49.7 Å². The van der Waals surface area contributed by atoms with Crippen LogP contribution < -0.4 is 4.74 Å². The minimum absolute atomic E-state index is 0.0179. The van der Waals surface area contributed by atoms with Crippen LogP contribution in [0, 0.1) is 0 Å². The molecule has 0 spiro atoms. The van der Waals surface area contributed by atoms with Crippen molar-refractivity contribution in [3.05, 3.63) is 58.1 Å². The SMILES string of the molecule is O=C1c2ccc(CO)cc2C(=O)c2c1ccc(O[C@@H]1O[C@@H](CO)[C@H](O)[C@@H](O)[C@@H]1O)c2O. The van der Waals surface area contributed by atoms with Crippen molar-refractivity contribution >= 4 is 11.6 Å². The van der Waals surface area contributed by atoms with E-state index < -0.39 is 54.6 Å². The van der Waals surface area contributed by atoms with E-state index in [2.05, 4.69) is 0 Å². The number of aromatic hydroxyl groups is 1. The summed E-state index contributed by atoms with van der Waals surface area (Å²) in [4.78, 5) is 25.8. The summed E-state index contributed by atoms with van der Waals surface area (Å²) in [7, 11) is 0. The van der Waals surface area contributed by atoms with Gasteiger partial charge in [0.25, 0.3) is 0 Å². The van der Waals surface area contributed by atoms with E-state index in [1.54, 1.807) is 0 Å². The predicted octanol–water partition coefficient (Wildman–Crippen LogP) is -1.16. The fourth-order valence-corrected chi connectivity index (χ4v) is 3.73. The first kappa shape index (κ1) is 21.4. The molecule has 10 heteroatoms. The van der Waals surface area contributed by atoms with Gasteiger partial charge in [-0.2, -0.15) is 0 Å². The molecule has 1 aliphatic heterocycles. The van der Waals surface area contributed by atoms with Crippen LogP contribution in [0.5, 0.6) is 11.5 Å². The molecular formula is C21H20O10. The molecular weight excluding hydrogens is 412 g/mol. The van der Waals surface area contributed by atoms with Crippen LogP contribution in [0.1, 0.15) is 37.4 Å². The molecule has 2 aromatic carbocycles. The molecule has 2 aromatic rings. The summed E-state index contributed by atoms with van der Waals surface area (Å²) < 4.78 is 10.7. The zero-order valence-electron chi connectivity index (χ0n) is 16.0. The number of hydrogen-bond donors (Lipinski definition) is 6. The number of carbonyl (C=O) groups is 2. The van der Waals surface area contributed by atoms with Gasteiger partial charge in [-0.1, -0.05) is 6.07 Å². The molecule has 6 N–H and O–H groups in total. The lowest BCUT2D eigenvalue weighted by atomic mass is 9.82. The third-order valence-electron chi connectivity index (χ3n) is 5.46. The first-order chi connectivity index (χ1) is 14.8. The van der Waals surface area contributed by atoms with Gasteiger partial charge in [-0.3, -0.25) is 9.59 Å². The Hall–Kier alpha value is -2.86. The third-order valence-corrected chi connectivity index (χ3v) is 5.46. The maximum absolute atomic E-state index is 13.0. The molecule has 0 bridgehead atoms. The maximum atomic E-state index is 13.0. The van der Waals surface area contributed by atoms with Gasteiger partial charge in [0.1, 0.15) is 24.4 Å². The van der Waals surface area contributed by atoms with Crippen molar-refractivity contribution in [2.75, 3.05) is 6.61 Å². The van der Waals surface area contributed by atoms with Crippen molar-refractivity contribution in [1.82, 2.24) is 0 Å². The van der Waals surface area contributed by atoms with Crippen molar-refractivity contribution in [3.63, 3.8) is 0 Å². The van der Waals surface area contributed by atoms with Gasteiger partial charge in [-0.05, 0) is 29.8 Å². The van der Waals surface area contributed by atoms with Gasteiger partial charge in [0.05, 0.1) is 18.8 Å². The molecule has 1 saturated heterocycles.